The van der Waals surface area contributed by atoms with Crippen LogP contribution in [0, 0.1) is 0 Å². The van der Waals surface area contributed by atoms with Gasteiger partial charge in [-0.15, -0.1) is 0 Å². The maximum atomic E-state index is 13.8. The maximum absolute atomic E-state index is 13.8. The monoisotopic (exact) mass is 464 g/mol. The van der Waals surface area contributed by atoms with Crippen LogP contribution in [0.15, 0.2) is 77.7 Å². The summed E-state index contributed by atoms with van der Waals surface area (Å²) in [6.07, 6.45) is 0. The van der Waals surface area contributed by atoms with Gasteiger partial charge in [0.25, 0.3) is 15.9 Å². The molecule has 1 N–H and O–H groups in total. The second-order valence-corrected chi connectivity index (χ2v) is 9.30. The SMILES string of the molecule is COc1cc2c(cc1OC)N(Cc1ccccc1)S(=O)(=O)C(C(=O)Nc1ccccc1)=C2C. The molecule has 1 heterocycles. The van der Waals surface area contributed by atoms with Crippen LogP contribution >= 0.6 is 0 Å². The third-order valence-electron chi connectivity index (χ3n) is 5.47. The first-order valence-electron chi connectivity index (χ1n) is 10.3. The Morgan fingerprint density at radius 3 is 2.09 bits per heavy atom. The summed E-state index contributed by atoms with van der Waals surface area (Å²) in [5.74, 6) is 0.143. The summed E-state index contributed by atoms with van der Waals surface area (Å²) < 4.78 is 39.7. The fourth-order valence-electron chi connectivity index (χ4n) is 3.85. The number of anilines is 2. The molecule has 0 aliphatic carbocycles. The highest BCUT2D eigenvalue weighted by atomic mass is 32.2. The van der Waals surface area contributed by atoms with Gasteiger partial charge in [-0.1, -0.05) is 48.5 Å². The number of carbonyl (C=O) groups is 1. The van der Waals surface area contributed by atoms with Gasteiger partial charge in [-0.3, -0.25) is 9.10 Å². The predicted molar refractivity (Wildman–Crippen MR) is 129 cm³/mol. The molecule has 0 saturated heterocycles. The molecule has 0 aromatic heterocycles. The van der Waals surface area contributed by atoms with E-state index < -0.39 is 15.9 Å². The van der Waals surface area contributed by atoms with E-state index in [9.17, 15) is 13.2 Å². The standard InChI is InChI=1S/C25H24N2O5S/c1-17-20-14-22(31-2)23(32-3)15-21(20)27(16-18-10-6-4-7-11-18)33(29,30)24(17)25(28)26-19-12-8-5-9-13-19/h4-15H,16H2,1-3H3,(H,26,28). The van der Waals surface area contributed by atoms with E-state index in [4.69, 9.17) is 9.47 Å². The number of carbonyl (C=O) groups excluding carboxylic acids is 1. The molecule has 1 aliphatic heterocycles. The van der Waals surface area contributed by atoms with E-state index in [2.05, 4.69) is 5.32 Å². The third-order valence-corrected chi connectivity index (χ3v) is 7.38. The Bertz CT molecular complexity index is 1320. The molecule has 0 fully saturated rings. The topological polar surface area (TPSA) is 84.9 Å². The van der Waals surface area contributed by atoms with E-state index in [1.807, 2.05) is 36.4 Å². The van der Waals surface area contributed by atoms with Crippen molar-refractivity contribution >= 4 is 32.9 Å². The number of nitrogens with zero attached hydrogens (tertiary/aromatic N) is 1. The Kier molecular flexibility index (Phi) is 6.11. The summed E-state index contributed by atoms with van der Waals surface area (Å²) in [5, 5.41) is 2.71. The van der Waals surface area contributed by atoms with Crippen LogP contribution in [-0.2, 0) is 21.4 Å². The lowest BCUT2D eigenvalue weighted by Gasteiger charge is -2.33. The van der Waals surface area contributed by atoms with Crippen molar-refractivity contribution in [2.24, 2.45) is 0 Å². The molecule has 0 radical (unpaired) electrons. The highest BCUT2D eigenvalue weighted by Crippen LogP contribution is 2.45. The lowest BCUT2D eigenvalue weighted by molar-refractivity contribution is -0.112. The number of benzene rings is 3. The Balaban J connectivity index is 1.90. The lowest BCUT2D eigenvalue weighted by Crippen LogP contribution is -2.39. The molecule has 0 bridgehead atoms. The number of rotatable bonds is 6. The van der Waals surface area contributed by atoms with Crippen molar-refractivity contribution in [2.75, 3.05) is 23.8 Å². The Morgan fingerprint density at radius 1 is 0.909 bits per heavy atom. The molecule has 1 aliphatic rings. The summed E-state index contributed by atoms with van der Waals surface area (Å²) >= 11 is 0. The molecule has 4 rings (SSSR count). The number of sulfonamides is 1. The molecule has 1 amide bonds. The lowest BCUT2D eigenvalue weighted by atomic mass is 10.0. The van der Waals surface area contributed by atoms with Gasteiger partial charge in [0.05, 0.1) is 26.5 Å². The van der Waals surface area contributed by atoms with Gasteiger partial charge >= 0.3 is 0 Å². The number of allylic oxidation sites excluding steroid dienone is 1. The summed E-state index contributed by atoms with van der Waals surface area (Å²) in [6.45, 7) is 1.68. The molecule has 0 unspecified atom stereocenters. The summed E-state index contributed by atoms with van der Waals surface area (Å²) in [7, 11) is -1.19. The minimum atomic E-state index is -4.18. The van der Waals surface area contributed by atoms with E-state index in [0.29, 0.717) is 34.0 Å². The molecule has 3 aromatic carbocycles. The zero-order chi connectivity index (χ0) is 23.6. The normalized spacial score (nSPS) is 14.5. The molecule has 3 aromatic rings. The van der Waals surface area contributed by atoms with Gasteiger partial charge in [0.2, 0.25) is 0 Å². The van der Waals surface area contributed by atoms with Crippen molar-refractivity contribution in [1.29, 1.82) is 0 Å². The first kappa shape index (κ1) is 22.4. The summed E-state index contributed by atoms with van der Waals surface area (Å²) in [5.41, 5.74) is 2.63. The first-order chi connectivity index (χ1) is 15.9. The predicted octanol–water partition coefficient (Wildman–Crippen LogP) is 4.42. The van der Waals surface area contributed by atoms with Gasteiger partial charge in [0.15, 0.2) is 16.4 Å². The highest BCUT2D eigenvalue weighted by molar-refractivity contribution is 7.97. The molecule has 170 valence electrons. The van der Waals surface area contributed by atoms with Crippen LogP contribution in [-0.4, -0.2) is 28.5 Å². The van der Waals surface area contributed by atoms with E-state index in [0.717, 1.165) is 5.56 Å². The van der Waals surface area contributed by atoms with Crippen LogP contribution in [0.3, 0.4) is 0 Å². The molecule has 33 heavy (non-hydrogen) atoms. The quantitative estimate of drug-likeness (QED) is 0.584. The smallest absolute Gasteiger partial charge is 0.270 e. The van der Waals surface area contributed by atoms with Gasteiger partial charge in [-0.05, 0) is 36.3 Å². The fourth-order valence-corrected chi connectivity index (χ4v) is 5.58. The van der Waals surface area contributed by atoms with E-state index in [1.165, 1.54) is 18.5 Å². The average molecular weight is 465 g/mol. The van der Waals surface area contributed by atoms with Crippen LogP contribution in [0.4, 0.5) is 11.4 Å². The van der Waals surface area contributed by atoms with E-state index in [-0.39, 0.29) is 11.4 Å². The molecular formula is C25H24N2O5S. The van der Waals surface area contributed by atoms with Crippen molar-refractivity contribution in [3.63, 3.8) is 0 Å². The van der Waals surface area contributed by atoms with Crippen LogP contribution in [0.25, 0.3) is 5.57 Å². The Labute approximate surface area is 193 Å². The third kappa shape index (κ3) is 4.17. The maximum Gasteiger partial charge on any atom is 0.270 e. The zero-order valence-corrected chi connectivity index (χ0v) is 19.3. The Morgan fingerprint density at radius 2 is 1.48 bits per heavy atom. The number of hydrogen-bond donors (Lipinski definition) is 1. The van der Waals surface area contributed by atoms with Crippen molar-refractivity contribution in [1.82, 2.24) is 0 Å². The van der Waals surface area contributed by atoms with Gasteiger partial charge in [-0.2, -0.15) is 0 Å². The second kappa shape index (κ2) is 8.99. The molecule has 0 saturated carbocycles. The minimum absolute atomic E-state index is 0.0566. The highest BCUT2D eigenvalue weighted by Gasteiger charge is 2.40. The van der Waals surface area contributed by atoms with Gasteiger partial charge in [0.1, 0.15) is 0 Å². The molecule has 0 atom stereocenters. The summed E-state index contributed by atoms with van der Waals surface area (Å²) in [4.78, 5) is 12.9. The molecule has 0 spiro atoms. The first-order valence-corrected chi connectivity index (χ1v) is 11.7. The Hall–Kier alpha value is -3.78. The number of methoxy groups -OCH3 is 2. The van der Waals surface area contributed by atoms with Crippen molar-refractivity contribution < 1.29 is 22.7 Å². The average Bonchev–Trinajstić information content (AvgIpc) is 2.82. The second-order valence-electron chi connectivity index (χ2n) is 7.50. The van der Waals surface area contributed by atoms with Crippen LogP contribution in [0.5, 0.6) is 11.5 Å². The summed E-state index contributed by atoms with van der Waals surface area (Å²) in [6, 6.07) is 21.3. The zero-order valence-electron chi connectivity index (χ0n) is 18.5. The van der Waals surface area contributed by atoms with Crippen molar-refractivity contribution in [3.8, 4) is 11.5 Å². The van der Waals surface area contributed by atoms with E-state index >= 15 is 0 Å². The number of para-hydroxylation sites is 1. The number of fused-ring (bicyclic) bond motifs is 1. The number of nitrogens with one attached hydrogen (secondary N) is 1. The fraction of sp³-hybridized carbons (Fsp3) is 0.160. The molecule has 7 nitrogen and oxygen atoms in total. The number of hydrogen-bond acceptors (Lipinski definition) is 5. The minimum Gasteiger partial charge on any atom is -0.493 e. The largest absolute Gasteiger partial charge is 0.493 e. The van der Waals surface area contributed by atoms with Crippen LogP contribution in [0.2, 0.25) is 0 Å². The van der Waals surface area contributed by atoms with Gasteiger partial charge < -0.3 is 14.8 Å². The van der Waals surface area contributed by atoms with Crippen LogP contribution < -0.4 is 19.1 Å². The van der Waals surface area contributed by atoms with E-state index in [1.54, 1.807) is 43.3 Å². The molecular weight excluding hydrogens is 440 g/mol. The van der Waals surface area contributed by atoms with Crippen molar-refractivity contribution in [3.05, 3.63) is 88.8 Å². The van der Waals surface area contributed by atoms with Crippen molar-refractivity contribution in [2.45, 2.75) is 13.5 Å². The van der Waals surface area contributed by atoms with Gasteiger partial charge in [0, 0.05) is 17.3 Å². The molecule has 8 heteroatoms. The number of amides is 1. The van der Waals surface area contributed by atoms with Gasteiger partial charge in [-0.25, -0.2) is 8.42 Å². The van der Waals surface area contributed by atoms with Crippen LogP contribution in [0.1, 0.15) is 18.1 Å². The number of ether oxygens (including phenoxy) is 2.